The first-order valence-corrected chi connectivity index (χ1v) is 6.37. The van der Waals surface area contributed by atoms with Crippen LogP contribution in [0.15, 0.2) is 18.2 Å². The highest BCUT2D eigenvalue weighted by molar-refractivity contribution is 5.97. The number of hydrogen-bond donors (Lipinski definition) is 1. The summed E-state index contributed by atoms with van der Waals surface area (Å²) in [6.45, 7) is 4.94. The molecule has 1 heterocycles. The van der Waals surface area contributed by atoms with Crippen LogP contribution < -0.4 is 10.6 Å². The third kappa shape index (κ3) is 2.14. The second-order valence-electron chi connectivity index (χ2n) is 4.64. The van der Waals surface area contributed by atoms with Crippen LogP contribution in [-0.4, -0.2) is 12.5 Å². The molecule has 92 valence electrons. The van der Waals surface area contributed by atoms with E-state index >= 15 is 0 Å². The number of nitrogens with two attached hydrogens (primary N) is 1. The quantitative estimate of drug-likeness (QED) is 0.814. The fourth-order valence-electron chi connectivity index (χ4n) is 2.48. The molecule has 0 saturated heterocycles. The number of rotatable bonds is 3. The molecule has 2 rings (SSSR count). The van der Waals surface area contributed by atoms with E-state index < -0.39 is 0 Å². The second kappa shape index (κ2) is 4.78. The Morgan fingerprint density at radius 3 is 2.76 bits per heavy atom. The van der Waals surface area contributed by atoms with Gasteiger partial charge in [0, 0.05) is 23.8 Å². The van der Waals surface area contributed by atoms with Gasteiger partial charge in [-0.15, -0.1) is 0 Å². The SMILES string of the molecule is CCC(CC)C(=O)N1CCc2ccc(N)cc21. The second-order valence-corrected chi connectivity index (χ2v) is 4.64. The zero-order chi connectivity index (χ0) is 12.4. The Balaban J connectivity index is 2.27. The Kier molecular flexibility index (Phi) is 3.36. The molecule has 2 N–H and O–H groups in total. The lowest BCUT2D eigenvalue weighted by Gasteiger charge is -2.22. The topological polar surface area (TPSA) is 46.3 Å². The lowest BCUT2D eigenvalue weighted by atomic mass is 10.0. The molecule has 1 aliphatic heterocycles. The van der Waals surface area contributed by atoms with E-state index in [-0.39, 0.29) is 11.8 Å². The molecule has 0 radical (unpaired) electrons. The zero-order valence-electron chi connectivity index (χ0n) is 10.6. The van der Waals surface area contributed by atoms with Crippen molar-refractivity contribution >= 4 is 17.3 Å². The molecule has 0 fully saturated rings. The lowest BCUT2D eigenvalue weighted by Crippen LogP contribution is -2.34. The van der Waals surface area contributed by atoms with Crippen LogP contribution in [-0.2, 0) is 11.2 Å². The molecule has 3 nitrogen and oxygen atoms in total. The van der Waals surface area contributed by atoms with Gasteiger partial charge in [-0.1, -0.05) is 19.9 Å². The number of benzene rings is 1. The van der Waals surface area contributed by atoms with Gasteiger partial charge in [-0.25, -0.2) is 0 Å². The summed E-state index contributed by atoms with van der Waals surface area (Å²) in [6.07, 6.45) is 2.76. The van der Waals surface area contributed by atoms with E-state index in [1.165, 1.54) is 5.56 Å². The number of nitrogens with zero attached hydrogens (tertiary/aromatic N) is 1. The van der Waals surface area contributed by atoms with Gasteiger partial charge in [0.1, 0.15) is 0 Å². The summed E-state index contributed by atoms with van der Waals surface area (Å²) in [4.78, 5) is 14.3. The highest BCUT2D eigenvalue weighted by Crippen LogP contribution is 2.31. The summed E-state index contributed by atoms with van der Waals surface area (Å²) < 4.78 is 0. The third-order valence-electron chi connectivity index (χ3n) is 3.61. The van der Waals surface area contributed by atoms with Gasteiger partial charge in [-0.05, 0) is 37.0 Å². The van der Waals surface area contributed by atoms with Crippen LogP contribution >= 0.6 is 0 Å². The molecule has 0 spiro atoms. The van der Waals surface area contributed by atoms with E-state index in [4.69, 9.17) is 5.73 Å². The monoisotopic (exact) mass is 232 g/mol. The maximum absolute atomic E-state index is 12.4. The van der Waals surface area contributed by atoms with Gasteiger partial charge in [-0.3, -0.25) is 4.79 Å². The minimum absolute atomic E-state index is 0.141. The van der Waals surface area contributed by atoms with Crippen LogP contribution in [0.25, 0.3) is 0 Å². The standard InChI is InChI=1S/C14H20N2O/c1-3-10(4-2)14(17)16-8-7-11-5-6-12(15)9-13(11)16/h5-6,9-10H,3-4,7-8,15H2,1-2H3. The smallest absolute Gasteiger partial charge is 0.230 e. The van der Waals surface area contributed by atoms with E-state index in [2.05, 4.69) is 13.8 Å². The molecule has 0 saturated carbocycles. The maximum Gasteiger partial charge on any atom is 0.230 e. The number of amides is 1. The number of anilines is 2. The minimum Gasteiger partial charge on any atom is -0.399 e. The van der Waals surface area contributed by atoms with Gasteiger partial charge in [0.05, 0.1) is 0 Å². The molecule has 1 aromatic rings. The average molecular weight is 232 g/mol. The molecular formula is C14H20N2O. The van der Waals surface area contributed by atoms with Crippen molar-refractivity contribution in [3.63, 3.8) is 0 Å². The highest BCUT2D eigenvalue weighted by Gasteiger charge is 2.28. The molecule has 0 atom stereocenters. The molecule has 0 unspecified atom stereocenters. The van der Waals surface area contributed by atoms with Crippen LogP contribution in [0, 0.1) is 5.92 Å². The number of nitrogen functional groups attached to an aromatic ring is 1. The predicted molar refractivity (Wildman–Crippen MR) is 71.0 cm³/mol. The lowest BCUT2D eigenvalue weighted by molar-refractivity contribution is -0.122. The number of carbonyl (C=O) groups is 1. The largest absolute Gasteiger partial charge is 0.399 e. The van der Waals surface area contributed by atoms with Crippen LogP contribution in [0.5, 0.6) is 0 Å². The van der Waals surface area contributed by atoms with E-state index in [9.17, 15) is 4.79 Å². The van der Waals surface area contributed by atoms with Crippen LogP contribution in [0.2, 0.25) is 0 Å². The molecule has 3 heteroatoms. The summed E-state index contributed by atoms with van der Waals surface area (Å²) >= 11 is 0. The van der Waals surface area contributed by atoms with Crippen LogP contribution in [0.3, 0.4) is 0 Å². The van der Waals surface area contributed by atoms with Crippen molar-refractivity contribution < 1.29 is 4.79 Å². The van der Waals surface area contributed by atoms with Crippen molar-refractivity contribution in [2.45, 2.75) is 33.1 Å². The normalized spacial score (nSPS) is 14.2. The molecular weight excluding hydrogens is 212 g/mol. The Hall–Kier alpha value is -1.51. The Bertz CT molecular complexity index is 424. The van der Waals surface area contributed by atoms with E-state index in [0.29, 0.717) is 0 Å². The van der Waals surface area contributed by atoms with Crippen LogP contribution in [0.4, 0.5) is 11.4 Å². The van der Waals surface area contributed by atoms with E-state index in [1.54, 1.807) is 0 Å². The molecule has 17 heavy (non-hydrogen) atoms. The first-order chi connectivity index (χ1) is 8.17. The van der Waals surface area contributed by atoms with Crippen molar-refractivity contribution in [2.24, 2.45) is 5.92 Å². The molecule has 1 aromatic carbocycles. The summed E-state index contributed by atoms with van der Waals surface area (Å²) in [5, 5.41) is 0. The first-order valence-electron chi connectivity index (χ1n) is 6.37. The zero-order valence-corrected chi connectivity index (χ0v) is 10.6. The van der Waals surface area contributed by atoms with E-state index in [0.717, 1.165) is 37.2 Å². The average Bonchev–Trinajstić information content (AvgIpc) is 2.73. The molecule has 1 aliphatic rings. The van der Waals surface area contributed by atoms with Crippen molar-refractivity contribution in [3.05, 3.63) is 23.8 Å². The first kappa shape index (κ1) is 12.0. The van der Waals surface area contributed by atoms with Gasteiger partial charge in [0.2, 0.25) is 5.91 Å². The minimum atomic E-state index is 0.141. The Morgan fingerprint density at radius 1 is 1.41 bits per heavy atom. The van der Waals surface area contributed by atoms with Crippen LogP contribution in [0.1, 0.15) is 32.3 Å². The molecule has 0 aromatic heterocycles. The summed E-state index contributed by atoms with van der Waals surface area (Å²) in [5.74, 6) is 0.390. The van der Waals surface area contributed by atoms with Crippen molar-refractivity contribution in [3.8, 4) is 0 Å². The summed E-state index contributed by atoms with van der Waals surface area (Å²) in [7, 11) is 0. The Morgan fingerprint density at radius 2 is 2.12 bits per heavy atom. The molecule has 0 aliphatic carbocycles. The fourth-order valence-corrected chi connectivity index (χ4v) is 2.48. The fraction of sp³-hybridized carbons (Fsp3) is 0.500. The van der Waals surface area contributed by atoms with Crippen molar-refractivity contribution in [1.82, 2.24) is 0 Å². The van der Waals surface area contributed by atoms with Gasteiger partial charge < -0.3 is 10.6 Å². The number of fused-ring (bicyclic) bond motifs is 1. The van der Waals surface area contributed by atoms with Crippen molar-refractivity contribution in [1.29, 1.82) is 0 Å². The maximum atomic E-state index is 12.4. The third-order valence-corrected chi connectivity index (χ3v) is 3.61. The highest BCUT2D eigenvalue weighted by atomic mass is 16.2. The summed E-state index contributed by atoms with van der Waals surface area (Å²) in [6, 6.07) is 5.86. The van der Waals surface area contributed by atoms with Gasteiger partial charge in [0.15, 0.2) is 0 Å². The Labute approximate surface area is 103 Å². The van der Waals surface area contributed by atoms with Gasteiger partial charge >= 0.3 is 0 Å². The number of carbonyl (C=O) groups excluding carboxylic acids is 1. The molecule has 0 bridgehead atoms. The predicted octanol–water partition coefficient (Wildman–Crippen LogP) is 2.59. The van der Waals surface area contributed by atoms with E-state index in [1.807, 2.05) is 23.1 Å². The van der Waals surface area contributed by atoms with Gasteiger partial charge in [0.25, 0.3) is 0 Å². The van der Waals surface area contributed by atoms with Gasteiger partial charge in [-0.2, -0.15) is 0 Å². The summed E-state index contributed by atoms with van der Waals surface area (Å²) in [5.41, 5.74) is 8.78. The van der Waals surface area contributed by atoms with Crippen molar-refractivity contribution in [2.75, 3.05) is 17.2 Å². The number of hydrogen-bond acceptors (Lipinski definition) is 2. The molecule has 1 amide bonds.